The number of hydrogen-bond donors (Lipinski definition) is 3. The summed E-state index contributed by atoms with van der Waals surface area (Å²) in [5, 5.41) is 6.50. The summed E-state index contributed by atoms with van der Waals surface area (Å²) in [7, 11) is 0. The first-order valence-corrected chi connectivity index (χ1v) is 5.94. The van der Waals surface area contributed by atoms with Gasteiger partial charge in [-0.15, -0.1) is 0 Å². The van der Waals surface area contributed by atoms with Gasteiger partial charge < -0.3 is 5.32 Å². The maximum Gasteiger partial charge on any atom is 0.223 e. The van der Waals surface area contributed by atoms with Gasteiger partial charge in [0.05, 0.1) is 0 Å². The zero-order chi connectivity index (χ0) is 12.3. The molecule has 6 heteroatoms. The Kier molecular flexibility index (Phi) is 4.61. The van der Waals surface area contributed by atoms with Crippen molar-refractivity contribution in [3.05, 3.63) is 0 Å². The lowest BCUT2D eigenvalue weighted by atomic mass is 10.4. The average Bonchev–Trinajstić information content (AvgIpc) is 2.11. The maximum absolute atomic E-state index is 4.45. The number of hydrogen-bond acceptors (Lipinski definition) is 6. The van der Waals surface area contributed by atoms with Crippen molar-refractivity contribution >= 4 is 24.6 Å². The van der Waals surface area contributed by atoms with Crippen LogP contribution in [0.15, 0.2) is 9.98 Å². The Morgan fingerprint density at radius 1 is 1.25 bits per heavy atom. The molecule has 0 saturated heterocycles. The summed E-state index contributed by atoms with van der Waals surface area (Å²) in [6.07, 6.45) is -0.165. The fraction of sp³-hybridized carbons (Fsp3) is 0.800. The number of amidine groups is 1. The van der Waals surface area contributed by atoms with E-state index in [1.165, 1.54) is 0 Å². The molecule has 1 aliphatic rings. The molecule has 2 N–H and O–H groups in total. The van der Waals surface area contributed by atoms with Gasteiger partial charge in [0.25, 0.3) is 0 Å². The van der Waals surface area contributed by atoms with Gasteiger partial charge in [0.15, 0.2) is 6.29 Å². The minimum Gasteiger partial charge on any atom is -0.352 e. The van der Waals surface area contributed by atoms with Gasteiger partial charge in [0.2, 0.25) is 5.96 Å². The largest absolute Gasteiger partial charge is 0.352 e. The average molecular weight is 243 g/mol. The summed E-state index contributed by atoms with van der Waals surface area (Å²) in [6.45, 7) is 10.2. The van der Waals surface area contributed by atoms with E-state index in [4.69, 9.17) is 0 Å². The Balaban J connectivity index is 2.77. The van der Waals surface area contributed by atoms with Crippen LogP contribution in [0.2, 0.25) is 0 Å². The van der Waals surface area contributed by atoms with E-state index in [1.54, 1.807) is 4.31 Å². The van der Waals surface area contributed by atoms with Gasteiger partial charge in [0.1, 0.15) is 5.84 Å². The minimum absolute atomic E-state index is 0.165. The van der Waals surface area contributed by atoms with Crippen molar-refractivity contribution in [3.8, 4) is 0 Å². The third kappa shape index (κ3) is 3.68. The Morgan fingerprint density at radius 2 is 1.88 bits per heavy atom. The van der Waals surface area contributed by atoms with Gasteiger partial charge in [-0.1, -0.05) is 12.8 Å². The number of aliphatic imine (C=N–C) groups is 2. The van der Waals surface area contributed by atoms with Crippen LogP contribution in [-0.2, 0) is 0 Å². The molecule has 92 valence electrons. The fourth-order valence-electron chi connectivity index (χ4n) is 1.31. The van der Waals surface area contributed by atoms with Gasteiger partial charge >= 0.3 is 0 Å². The van der Waals surface area contributed by atoms with E-state index in [2.05, 4.69) is 61.1 Å². The smallest absolute Gasteiger partial charge is 0.223 e. The molecule has 0 fully saturated rings. The molecule has 0 spiro atoms. The second-order valence-electron chi connectivity index (χ2n) is 4.45. The zero-order valence-corrected chi connectivity index (χ0v) is 11.4. The lowest BCUT2D eigenvalue weighted by Crippen LogP contribution is -2.49. The van der Waals surface area contributed by atoms with E-state index in [0.717, 1.165) is 5.84 Å². The molecule has 0 aromatic heterocycles. The highest BCUT2D eigenvalue weighted by molar-refractivity contribution is 7.78. The van der Waals surface area contributed by atoms with Crippen molar-refractivity contribution < 1.29 is 0 Å². The Labute approximate surface area is 103 Å². The second kappa shape index (κ2) is 5.54. The molecule has 0 amide bonds. The summed E-state index contributed by atoms with van der Waals surface area (Å²) < 4.78 is 1.73. The van der Waals surface area contributed by atoms with Gasteiger partial charge in [0, 0.05) is 12.1 Å². The summed E-state index contributed by atoms with van der Waals surface area (Å²) in [4.78, 5) is 8.78. The van der Waals surface area contributed by atoms with E-state index in [0.29, 0.717) is 18.0 Å². The highest BCUT2D eigenvalue weighted by Crippen LogP contribution is 2.10. The van der Waals surface area contributed by atoms with E-state index >= 15 is 0 Å². The predicted molar refractivity (Wildman–Crippen MR) is 71.7 cm³/mol. The molecule has 1 aliphatic heterocycles. The molecule has 0 radical (unpaired) electrons. The molecule has 5 nitrogen and oxygen atoms in total. The van der Waals surface area contributed by atoms with E-state index in [-0.39, 0.29) is 6.29 Å². The van der Waals surface area contributed by atoms with Crippen molar-refractivity contribution in [1.29, 1.82) is 0 Å². The van der Waals surface area contributed by atoms with Gasteiger partial charge in [-0.2, -0.15) is 4.99 Å². The number of thiol groups is 1. The lowest BCUT2D eigenvalue weighted by molar-refractivity contribution is 0.365. The Morgan fingerprint density at radius 3 is 2.38 bits per heavy atom. The maximum atomic E-state index is 4.45. The van der Waals surface area contributed by atoms with E-state index in [9.17, 15) is 0 Å². The first-order chi connectivity index (χ1) is 7.40. The van der Waals surface area contributed by atoms with Crippen molar-refractivity contribution in [3.63, 3.8) is 0 Å². The lowest BCUT2D eigenvalue weighted by Gasteiger charge is -2.31. The Bertz CT molecular complexity index is 298. The highest BCUT2D eigenvalue weighted by Gasteiger charge is 2.22. The van der Waals surface area contributed by atoms with Crippen LogP contribution >= 0.6 is 12.8 Å². The first kappa shape index (κ1) is 13.3. The van der Waals surface area contributed by atoms with Crippen LogP contribution in [0.1, 0.15) is 34.6 Å². The Hall–Kier alpha value is -0.750. The van der Waals surface area contributed by atoms with Crippen LogP contribution in [0.3, 0.4) is 0 Å². The van der Waals surface area contributed by atoms with Gasteiger partial charge in [-0.25, -0.2) is 4.99 Å². The molecule has 0 bridgehead atoms. The third-order valence-corrected chi connectivity index (χ3v) is 2.48. The fourth-order valence-corrected chi connectivity index (χ4v) is 1.48. The van der Waals surface area contributed by atoms with Crippen molar-refractivity contribution in [2.75, 3.05) is 0 Å². The van der Waals surface area contributed by atoms with Gasteiger partial charge in [-0.3, -0.25) is 9.62 Å². The number of rotatable bonds is 3. The molecule has 1 unspecified atom stereocenters. The molecule has 16 heavy (non-hydrogen) atoms. The summed E-state index contributed by atoms with van der Waals surface area (Å²) in [6, 6.07) is 0.663. The van der Waals surface area contributed by atoms with Crippen LogP contribution in [-0.4, -0.2) is 34.5 Å². The van der Waals surface area contributed by atoms with Crippen LogP contribution in [0.5, 0.6) is 0 Å². The number of nitrogens with one attached hydrogen (secondary N) is 2. The monoisotopic (exact) mass is 243 g/mol. The SMILES string of the molecule is CC1=NC(NC(C)C)=NC(NC(C)C)N1S. The summed E-state index contributed by atoms with van der Waals surface area (Å²) in [5.41, 5.74) is 0. The predicted octanol–water partition coefficient (Wildman–Crippen LogP) is 1.20. The van der Waals surface area contributed by atoms with Gasteiger partial charge in [-0.05, 0) is 34.6 Å². The van der Waals surface area contributed by atoms with Crippen LogP contribution in [0.4, 0.5) is 0 Å². The summed E-state index contributed by atoms with van der Waals surface area (Å²) >= 11 is 4.36. The molecular weight excluding hydrogens is 222 g/mol. The highest BCUT2D eigenvalue weighted by atomic mass is 32.1. The normalized spacial score (nSPS) is 21.2. The number of guanidine groups is 1. The molecule has 1 rings (SSSR count). The van der Waals surface area contributed by atoms with E-state index in [1.807, 2.05) is 6.92 Å². The van der Waals surface area contributed by atoms with Crippen LogP contribution in [0, 0.1) is 0 Å². The minimum atomic E-state index is -0.165. The van der Waals surface area contributed by atoms with Crippen molar-refractivity contribution in [2.24, 2.45) is 9.98 Å². The standard InChI is InChI=1S/C10H21N5S/c1-6(2)11-9-13-8(5)15(16)10(14-9)12-7(3)4/h6-7,10,12,16H,1-5H3,(H,11,14). The number of nitrogens with zero attached hydrogens (tertiary/aromatic N) is 3. The van der Waals surface area contributed by atoms with Crippen LogP contribution in [0.25, 0.3) is 0 Å². The van der Waals surface area contributed by atoms with Crippen molar-refractivity contribution in [2.45, 2.75) is 53.0 Å². The molecule has 0 aromatic rings. The molecule has 0 aromatic carbocycles. The van der Waals surface area contributed by atoms with E-state index < -0.39 is 0 Å². The molecule has 0 aliphatic carbocycles. The first-order valence-electron chi connectivity index (χ1n) is 5.54. The molecular formula is C10H21N5S. The zero-order valence-electron chi connectivity index (χ0n) is 10.5. The summed E-state index contributed by atoms with van der Waals surface area (Å²) in [5.74, 6) is 1.50. The molecule has 1 atom stereocenters. The topological polar surface area (TPSA) is 52.0 Å². The molecule has 0 saturated carbocycles. The second-order valence-corrected chi connectivity index (χ2v) is 4.88. The van der Waals surface area contributed by atoms with Crippen molar-refractivity contribution in [1.82, 2.24) is 14.9 Å². The molecule has 1 heterocycles. The quantitative estimate of drug-likeness (QED) is 0.653. The van der Waals surface area contributed by atoms with Crippen LogP contribution < -0.4 is 10.6 Å². The third-order valence-electron chi connectivity index (χ3n) is 1.98.